The maximum atomic E-state index is 13.0. The van der Waals surface area contributed by atoms with E-state index in [1.54, 1.807) is 25.6 Å². The number of aromatic amines is 1. The smallest absolute Gasteiger partial charge is 0.271 e. The Morgan fingerprint density at radius 2 is 2.18 bits per heavy atom. The predicted molar refractivity (Wildman–Crippen MR) is 130 cm³/mol. The van der Waals surface area contributed by atoms with Crippen molar-refractivity contribution in [3.63, 3.8) is 0 Å². The summed E-state index contributed by atoms with van der Waals surface area (Å²) in [6.07, 6.45) is 11.2. The molecule has 8 heteroatoms. The Kier molecular flexibility index (Phi) is 7.44. The standard InChI is InChI=1S/C25H33N5O3/c1-26-10-3-6-24(31)29-12-4-5-21(17-29)30(16-18-7-8-18)22-13-20(15-28-25(22)32)19-9-11-27-23(14-19)33-2/h3,6,9,11,13-15,18,21,26H,4-5,7-8,10,12,16-17H2,1-2H3,(H,28,32)/t21-/m1/s1. The van der Waals surface area contributed by atoms with Crippen molar-refractivity contribution in [3.05, 3.63) is 53.1 Å². The number of piperidine rings is 1. The lowest BCUT2D eigenvalue weighted by Crippen LogP contribution is -2.51. The molecule has 4 rings (SSSR count). The Morgan fingerprint density at radius 3 is 2.94 bits per heavy atom. The summed E-state index contributed by atoms with van der Waals surface area (Å²) in [7, 11) is 3.45. The molecule has 0 spiro atoms. The lowest BCUT2D eigenvalue weighted by molar-refractivity contribution is -0.127. The van der Waals surface area contributed by atoms with Gasteiger partial charge in [0.25, 0.3) is 5.56 Å². The summed E-state index contributed by atoms with van der Waals surface area (Å²) in [5, 5.41) is 3.02. The number of pyridine rings is 2. The van der Waals surface area contributed by atoms with E-state index in [0.717, 1.165) is 37.1 Å². The molecular formula is C25H33N5O3. The summed E-state index contributed by atoms with van der Waals surface area (Å²) in [4.78, 5) is 36.9. The molecule has 1 saturated carbocycles. The number of anilines is 1. The molecule has 1 aliphatic heterocycles. The largest absolute Gasteiger partial charge is 0.481 e. The first-order valence-electron chi connectivity index (χ1n) is 11.7. The first-order valence-corrected chi connectivity index (χ1v) is 11.7. The molecule has 2 N–H and O–H groups in total. The van der Waals surface area contributed by atoms with Crippen molar-refractivity contribution in [2.75, 3.05) is 45.2 Å². The van der Waals surface area contributed by atoms with Crippen LogP contribution in [0.5, 0.6) is 5.88 Å². The third-order valence-corrected chi connectivity index (χ3v) is 6.35. The van der Waals surface area contributed by atoms with Crippen molar-refractivity contribution in [1.82, 2.24) is 20.2 Å². The van der Waals surface area contributed by atoms with Gasteiger partial charge in [-0.05, 0) is 56.3 Å². The van der Waals surface area contributed by atoms with Crippen LogP contribution in [-0.2, 0) is 4.79 Å². The van der Waals surface area contributed by atoms with E-state index in [2.05, 4.69) is 20.2 Å². The van der Waals surface area contributed by atoms with E-state index < -0.39 is 0 Å². The minimum Gasteiger partial charge on any atom is -0.481 e. The molecule has 0 unspecified atom stereocenters. The lowest BCUT2D eigenvalue weighted by atomic mass is 10.0. The molecule has 2 aromatic heterocycles. The third-order valence-electron chi connectivity index (χ3n) is 6.35. The summed E-state index contributed by atoms with van der Waals surface area (Å²) in [6.45, 7) is 2.89. The van der Waals surface area contributed by atoms with E-state index in [4.69, 9.17) is 4.74 Å². The maximum Gasteiger partial charge on any atom is 0.271 e. The van der Waals surface area contributed by atoms with Crippen molar-refractivity contribution < 1.29 is 9.53 Å². The highest BCUT2D eigenvalue weighted by molar-refractivity contribution is 5.87. The predicted octanol–water partition coefficient (Wildman–Crippen LogP) is 2.43. The van der Waals surface area contributed by atoms with Gasteiger partial charge in [0.15, 0.2) is 0 Å². The van der Waals surface area contributed by atoms with Gasteiger partial charge in [-0.15, -0.1) is 0 Å². The van der Waals surface area contributed by atoms with Crippen LogP contribution < -0.4 is 20.5 Å². The van der Waals surface area contributed by atoms with Gasteiger partial charge in [-0.2, -0.15) is 0 Å². The normalized spacial score (nSPS) is 18.5. The number of likely N-dealkylation sites (N-methyl/N-ethyl adjacent to an activating group) is 1. The molecule has 1 saturated heterocycles. The van der Waals surface area contributed by atoms with E-state index in [1.165, 1.54) is 12.8 Å². The van der Waals surface area contributed by atoms with E-state index in [-0.39, 0.29) is 17.5 Å². The molecule has 1 amide bonds. The Labute approximate surface area is 194 Å². The monoisotopic (exact) mass is 451 g/mol. The van der Waals surface area contributed by atoms with Gasteiger partial charge < -0.3 is 24.8 Å². The number of nitrogens with zero attached hydrogens (tertiary/aromatic N) is 3. The number of amides is 1. The zero-order valence-corrected chi connectivity index (χ0v) is 19.4. The van der Waals surface area contributed by atoms with Gasteiger partial charge in [-0.1, -0.05) is 6.08 Å². The van der Waals surface area contributed by atoms with Crippen LogP contribution in [0.25, 0.3) is 11.1 Å². The van der Waals surface area contributed by atoms with E-state index in [9.17, 15) is 9.59 Å². The number of H-pyrrole nitrogens is 1. The number of rotatable bonds is 9. The van der Waals surface area contributed by atoms with Gasteiger partial charge in [-0.3, -0.25) is 9.59 Å². The third kappa shape index (κ3) is 5.82. The Morgan fingerprint density at radius 1 is 1.33 bits per heavy atom. The maximum absolute atomic E-state index is 13.0. The minimum atomic E-state index is -0.0993. The molecule has 8 nitrogen and oxygen atoms in total. The second kappa shape index (κ2) is 10.7. The van der Waals surface area contributed by atoms with E-state index in [0.29, 0.717) is 30.6 Å². The number of carbonyl (C=O) groups is 1. The molecule has 2 aliphatic rings. The summed E-state index contributed by atoms with van der Waals surface area (Å²) >= 11 is 0. The van der Waals surface area contributed by atoms with Crippen LogP contribution >= 0.6 is 0 Å². The van der Waals surface area contributed by atoms with Crippen LogP contribution in [0.15, 0.2) is 47.5 Å². The van der Waals surface area contributed by atoms with Crippen LogP contribution in [0.3, 0.4) is 0 Å². The topological polar surface area (TPSA) is 90.6 Å². The molecule has 0 bridgehead atoms. The fraction of sp³-hybridized carbons (Fsp3) is 0.480. The molecule has 176 valence electrons. The highest BCUT2D eigenvalue weighted by Gasteiger charge is 2.33. The molecule has 3 heterocycles. The number of hydrogen-bond acceptors (Lipinski definition) is 6. The number of nitrogens with one attached hydrogen (secondary N) is 2. The van der Waals surface area contributed by atoms with E-state index in [1.807, 2.05) is 36.2 Å². The van der Waals surface area contributed by atoms with Crippen LogP contribution in [0.1, 0.15) is 25.7 Å². The Hall–Kier alpha value is -3.13. The van der Waals surface area contributed by atoms with Crippen molar-refractivity contribution in [1.29, 1.82) is 0 Å². The van der Waals surface area contributed by atoms with Gasteiger partial charge in [0.1, 0.15) is 5.69 Å². The van der Waals surface area contributed by atoms with Crippen LogP contribution in [0.4, 0.5) is 5.69 Å². The van der Waals surface area contributed by atoms with Crippen LogP contribution in [-0.4, -0.2) is 67.2 Å². The van der Waals surface area contributed by atoms with Gasteiger partial charge >= 0.3 is 0 Å². The van der Waals surface area contributed by atoms with Gasteiger partial charge in [0.05, 0.1) is 7.11 Å². The van der Waals surface area contributed by atoms with Crippen molar-refractivity contribution >= 4 is 11.6 Å². The van der Waals surface area contributed by atoms with Gasteiger partial charge in [-0.25, -0.2) is 4.98 Å². The second-order valence-electron chi connectivity index (χ2n) is 8.83. The average Bonchev–Trinajstić information content (AvgIpc) is 3.67. The number of methoxy groups -OCH3 is 1. The second-order valence-corrected chi connectivity index (χ2v) is 8.83. The molecule has 2 fully saturated rings. The first kappa shape index (κ1) is 23.0. The number of hydrogen-bond donors (Lipinski definition) is 2. The molecule has 1 aliphatic carbocycles. The highest BCUT2D eigenvalue weighted by Crippen LogP contribution is 2.34. The van der Waals surface area contributed by atoms with Crippen LogP contribution in [0.2, 0.25) is 0 Å². The molecule has 2 aromatic rings. The summed E-state index contributed by atoms with van der Waals surface area (Å²) < 4.78 is 5.26. The Balaban J connectivity index is 1.60. The molecule has 33 heavy (non-hydrogen) atoms. The fourth-order valence-corrected chi connectivity index (χ4v) is 4.37. The number of aromatic nitrogens is 2. The summed E-state index contributed by atoms with van der Waals surface area (Å²) in [5.74, 6) is 1.17. The zero-order chi connectivity index (χ0) is 23.2. The fourth-order valence-electron chi connectivity index (χ4n) is 4.37. The number of carbonyl (C=O) groups excluding carboxylic acids is 1. The zero-order valence-electron chi connectivity index (χ0n) is 19.4. The molecule has 0 aromatic carbocycles. The molecular weight excluding hydrogens is 418 g/mol. The molecule has 0 radical (unpaired) electrons. The first-order chi connectivity index (χ1) is 16.1. The average molecular weight is 452 g/mol. The van der Waals surface area contributed by atoms with E-state index >= 15 is 0 Å². The van der Waals surface area contributed by atoms with Crippen molar-refractivity contribution in [2.24, 2.45) is 5.92 Å². The molecule has 1 atom stereocenters. The SMILES string of the molecule is CNCC=CC(=O)N1CCC[C@@H](N(CC2CC2)c2cc(-c3ccnc(OC)c3)c[nH]c2=O)C1. The lowest BCUT2D eigenvalue weighted by Gasteiger charge is -2.40. The highest BCUT2D eigenvalue weighted by atomic mass is 16.5. The Bertz CT molecular complexity index is 1050. The summed E-state index contributed by atoms with van der Waals surface area (Å²) in [5.41, 5.74) is 2.41. The van der Waals surface area contributed by atoms with Crippen molar-refractivity contribution in [3.8, 4) is 17.0 Å². The minimum absolute atomic E-state index is 0.0351. The van der Waals surface area contributed by atoms with Gasteiger partial charge in [0, 0.05) is 62.3 Å². The number of ether oxygens (including phenoxy) is 1. The quantitative estimate of drug-likeness (QED) is 0.569. The summed E-state index contributed by atoms with van der Waals surface area (Å²) in [6, 6.07) is 5.85. The van der Waals surface area contributed by atoms with Crippen molar-refractivity contribution in [2.45, 2.75) is 31.7 Å². The van der Waals surface area contributed by atoms with Gasteiger partial charge in [0.2, 0.25) is 11.8 Å². The number of likely N-dealkylation sites (tertiary alicyclic amines) is 1. The van der Waals surface area contributed by atoms with Crippen LogP contribution in [0, 0.1) is 5.92 Å².